The molecule has 8 heteroatoms. The average molecular weight is 402 g/mol. The van der Waals surface area contributed by atoms with E-state index in [-0.39, 0.29) is 36.5 Å². The Morgan fingerprint density at radius 1 is 1.31 bits per heavy atom. The van der Waals surface area contributed by atoms with Crippen LogP contribution in [-0.4, -0.2) is 28.4 Å². The molecule has 0 radical (unpaired) electrons. The fraction of sp³-hybridized carbons (Fsp3) is 0.444. The lowest BCUT2D eigenvalue weighted by Gasteiger charge is -2.28. The molecule has 0 bridgehead atoms. The predicted octanol–water partition coefficient (Wildman–Crippen LogP) is 3.93. The summed E-state index contributed by atoms with van der Waals surface area (Å²) in [7, 11) is 0. The zero-order valence-corrected chi connectivity index (χ0v) is 15.9. The number of halogens is 3. The van der Waals surface area contributed by atoms with E-state index in [9.17, 15) is 13.6 Å². The molecule has 1 aromatic carbocycles. The number of rotatable bonds is 6. The topological polar surface area (TPSA) is 59.2 Å². The van der Waals surface area contributed by atoms with Crippen LogP contribution >= 0.6 is 23.7 Å². The van der Waals surface area contributed by atoms with Gasteiger partial charge in [0.05, 0.1) is 5.01 Å². The molecular weight excluding hydrogens is 380 g/mol. The van der Waals surface area contributed by atoms with Gasteiger partial charge in [0.25, 0.3) is 5.91 Å². The molecule has 26 heavy (non-hydrogen) atoms. The highest BCUT2D eigenvalue weighted by Crippen LogP contribution is 2.27. The Bertz CT molecular complexity index is 750. The molecule has 1 aliphatic rings. The molecule has 1 amide bonds. The lowest BCUT2D eigenvalue weighted by molar-refractivity contribution is 0.0656. The number of amides is 1. The van der Waals surface area contributed by atoms with E-state index in [1.54, 1.807) is 10.3 Å². The molecule has 1 aliphatic carbocycles. The number of thiazole rings is 1. The summed E-state index contributed by atoms with van der Waals surface area (Å²) in [5.74, 6) is -1.23. The summed E-state index contributed by atoms with van der Waals surface area (Å²) in [5, 5.41) is 2.53. The summed E-state index contributed by atoms with van der Waals surface area (Å²) in [4.78, 5) is 19.0. The maximum absolute atomic E-state index is 14.1. The Morgan fingerprint density at radius 2 is 2.04 bits per heavy atom. The van der Waals surface area contributed by atoms with Crippen molar-refractivity contribution in [2.24, 2.45) is 5.73 Å². The molecule has 142 valence electrons. The second kappa shape index (κ2) is 9.39. The van der Waals surface area contributed by atoms with Crippen molar-refractivity contribution in [3.05, 3.63) is 51.5 Å². The minimum absolute atomic E-state index is 0. The average Bonchev–Trinajstić information content (AvgIpc) is 3.27. The van der Waals surface area contributed by atoms with E-state index in [2.05, 4.69) is 4.98 Å². The van der Waals surface area contributed by atoms with E-state index in [0.29, 0.717) is 18.7 Å². The summed E-state index contributed by atoms with van der Waals surface area (Å²) in [5.41, 5.74) is 6.08. The van der Waals surface area contributed by atoms with Crippen LogP contribution in [-0.2, 0) is 13.0 Å². The largest absolute Gasteiger partial charge is 0.330 e. The molecule has 0 atom stereocenters. The first-order valence-electron chi connectivity index (χ1n) is 8.48. The SMILES string of the molecule is Cl.NCCc1nc(C(=O)N(Cc2cc(F)ccc2F)C2CCCC2)cs1. The summed E-state index contributed by atoms with van der Waals surface area (Å²) in [6.07, 6.45) is 4.45. The number of nitrogens with zero attached hydrogens (tertiary/aromatic N) is 2. The molecule has 4 nitrogen and oxygen atoms in total. The maximum atomic E-state index is 14.1. The molecule has 0 spiro atoms. The highest BCUT2D eigenvalue weighted by Gasteiger charge is 2.29. The molecule has 2 N–H and O–H groups in total. The molecule has 3 rings (SSSR count). The van der Waals surface area contributed by atoms with Crippen LogP contribution in [0.15, 0.2) is 23.6 Å². The molecule has 0 aliphatic heterocycles. The summed E-state index contributed by atoms with van der Waals surface area (Å²) in [6.45, 7) is 0.527. The van der Waals surface area contributed by atoms with Crippen molar-refractivity contribution in [3.63, 3.8) is 0 Å². The van der Waals surface area contributed by atoms with Gasteiger partial charge in [0.1, 0.15) is 17.3 Å². The Morgan fingerprint density at radius 3 is 2.73 bits per heavy atom. The quantitative estimate of drug-likeness (QED) is 0.797. The van der Waals surface area contributed by atoms with Gasteiger partial charge in [0.2, 0.25) is 0 Å². The van der Waals surface area contributed by atoms with Gasteiger partial charge in [0, 0.05) is 30.0 Å². The third-order valence-electron chi connectivity index (χ3n) is 4.50. The highest BCUT2D eigenvalue weighted by molar-refractivity contribution is 7.09. The lowest BCUT2D eigenvalue weighted by Crippen LogP contribution is -2.38. The van der Waals surface area contributed by atoms with Crippen molar-refractivity contribution in [3.8, 4) is 0 Å². The monoisotopic (exact) mass is 401 g/mol. The molecule has 0 saturated heterocycles. The zero-order valence-electron chi connectivity index (χ0n) is 14.3. The van der Waals surface area contributed by atoms with Gasteiger partial charge in [-0.1, -0.05) is 12.8 Å². The van der Waals surface area contributed by atoms with E-state index < -0.39 is 11.6 Å². The van der Waals surface area contributed by atoms with Crippen molar-refractivity contribution in [2.45, 2.75) is 44.7 Å². The number of carbonyl (C=O) groups is 1. The molecule has 1 saturated carbocycles. The van der Waals surface area contributed by atoms with Gasteiger partial charge in [-0.25, -0.2) is 13.8 Å². The summed E-state index contributed by atoms with van der Waals surface area (Å²) >= 11 is 1.40. The van der Waals surface area contributed by atoms with Crippen molar-refractivity contribution < 1.29 is 13.6 Å². The van der Waals surface area contributed by atoms with Gasteiger partial charge in [-0.2, -0.15) is 0 Å². The molecular formula is C18H22ClF2N3OS. The number of hydrogen-bond acceptors (Lipinski definition) is 4. The molecule has 1 fully saturated rings. The van der Waals surface area contributed by atoms with E-state index in [0.717, 1.165) is 48.9 Å². The number of nitrogens with two attached hydrogens (primary N) is 1. The van der Waals surface area contributed by atoms with Crippen LogP contribution in [0.2, 0.25) is 0 Å². The second-order valence-corrected chi connectivity index (χ2v) is 7.21. The summed E-state index contributed by atoms with van der Waals surface area (Å²) < 4.78 is 27.5. The number of carbonyl (C=O) groups excluding carboxylic acids is 1. The van der Waals surface area contributed by atoms with Gasteiger partial charge in [-0.3, -0.25) is 4.79 Å². The fourth-order valence-electron chi connectivity index (χ4n) is 3.23. The fourth-order valence-corrected chi connectivity index (χ4v) is 4.01. The van der Waals surface area contributed by atoms with Gasteiger partial charge >= 0.3 is 0 Å². The maximum Gasteiger partial charge on any atom is 0.273 e. The predicted molar refractivity (Wildman–Crippen MR) is 101 cm³/mol. The zero-order chi connectivity index (χ0) is 17.8. The van der Waals surface area contributed by atoms with Crippen LogP contribution in [0.25, 0.3) is 0 Å². The van der Waals surface area contributed by atoms with Crippen LogP contribution in [0, 0.1) is 11.6 Å². The Balaban J connectivity index is 0.00000243. The lowest BCUT2D eigenvalue weighted by atomic mass is 10.1. The molecule has 1 heterocycles. The van der Waals surface area contributed by atoms with Crippen LogP contribution in [0.1, 0.15) is 46.7 Å². The van der Waals surface area contributed by atoms with Gasteiger partial charge in [-0.15, -0.1) is 23.7 Å². The molecule has 1 aromatic heterocycles. The van der Waals surface area contributed by atoms with E-state index >= 15 is 0 Å². The Kier molecular flexibility index (Phi) is 7.49. The first-order chi connectivity index (χ1) is 12.1. The van der Waals surface area contributed by atoms with Crippen molar-refractivity contribution in [2.75, 3.05) is 6.54 Å². The van der Waals surface area contributed by atoms with Gasteiger partial charge in [-0.05, 0) is 37.6 Å². The van der Waals surface area contributed by atoms with Gasteiger partial charge in [0.15, 0.2) is 0 Å². The second-order valence-electron chi connectivity index (χ2n) is 6.27. The Labute approximate surface area is 161 Å². The standard InChI is InChI=1S/C18H21F2N3OS.ClH/c19-13-5-6-15(20)12(9-13)10-23(14-3-1-2-4-14)18(24)16-11-25-17(22-16)7-8-21;/h5-6,9,11,14H,1-4,7-8,10,21H2;1H. The van der Waals surface area contributed by atoms with E-state index in [4.69, 9.17) is 5.73 Å². The van der Waals surface area contributed by atoms with Crippen LogP contribution in [0.4, 0.5) is 8.78 Å². The van der Waals surface area contributed by atoms with Crippen LogP contribution in [0.3, 0.4) is 0 Å². The minimum Gasteiger partial charge on any atom is -0.330 e. The van der Waals surface area contributed by atoms with Crippen LogP contribution < -0.4 is 5.73 Å². The first-order valence-corrected chi connectivity index (χ1v) is 9.36. The number of hydrogen-bond donors (Lipinski definition) is 1. The van der Waals surface area contributed by atoms with E-state index in [1.165, 1.54) is 11.3 Å². The number of aromatic nitrogens is 1. The third-order valence-corrected chi connectivity index (χ3v) is 5.41. The molecule has 2 aromatic rings. The smallest absolute Gasteiger partial charge is 0.273 e. The first kappa shape index (κ1) is 20.7. The van der Waals surface area contributed by atoms with Crippen molar-refractivity contribution in [1.82, 2.24) is 9.88 Å². The minimum atomic E-state index is -0.505. The van der Waals surface area contributed by atoms with Crippen LogP contribution in [0.5, 0.6) is 0 Å². The van der Waals surface area contributed by atoms with Gasteiger partial charge < -0.3 is 10.6 Å². The summed E-state index contributed by atoms with van der Waals surface area (Å²) in [6, 6.07) is 3.38. The normalized spacial score (nSPS) is 14.3. The third kappa shape index (κ3) is 4.78. The Hall–Kier alpha value is -1.57. The van der Waals surface area contributed by atoms with E-state index in [1.807, 2.05) is 0 Å². The highest BCUT2D eigenvalue weighted by atomic mass is 35.5. The molecule has 0 unspecified atom stereocenters. The number of benzene rings is 1. The van der Waals surface area contributed by atoms with Crippen molar-refractivity contribution >= 4 is 29.7 Å². The van der Waals surface area contributed by atoms with Crippen molar-refractivity contribution in [1.29, 1.82) is 0 Å².